The second-order valence-electron chi connectivity index (χ2n) is 4.03. The summed E-state index contributed by atoms with van der Waals surface area (Å²) in [5, 5.41) is 5.98. The molecule has 0 amide bonds. The topological polar surface area (TPSA) is 81.0 Å². The van der Waals surface area contributed by atoms with Crippen LogP contribution in [0.2, 0.25) is 5.02 Å². The third-order valence-corrected chi connectivity index (χ3v) is 3.27. The van der Waals surface area contributed by atoms with Crippen molar-refractivity contribution in [3.8, 4) is 11.6 Å². The number of rotatable bonds is 3. The van der Waals surface area contributed by atoms with Gasteiger partial charge in [0.25, 0.3) is 5.56 Å². The molecule has 0 bridgehead atoms. The van der Waals surface area contributed by atoms with Crippen LogP contribution in [0.15, 0.2) is 27.4 Å². The monoisotopic (exact) mass is 361 g/mol. The minimum absolute atomic E-state index is 0.145. The second kappa shape index (κ2) is 5.85. The highest BCUT2D eigenvalue weighted by Gasteiger charge is 2.13. The molecular weight excluding hydrogens is 346 g/mol. The number of nitrogens with one attached hydrogen (secondary N) is 1. The molecule has 0 aliphatic rings. The zero-order chi connectivity index (χ0) is 18.2. The fourth-order valence-corrected chi connectivity index (χ4v) is 2.43. The van der Waals surface area contributed by atoms with Crippen LogP contribution in [0.1, 0.15) is 30.7 Å². The summed E-state index contributed by atoms with van der Waals surface area (Å²) in [6.07, 6.45) is 0. The van der Waals surface area contributed by atoms with E-state index in [0.717, 1.165) is 0 Å². The first-order valence-corrected chi connectivity index (χ1v) is 6.71. The smallest absolute Gasteiger partial charge is 0.267 e. The average Bonchev–Trinajstić information content (AvgIpc) is 2.43. The molecule has 7 heteroatoms. The number of nitrogens with two attached hydrogens (primary N) is 1. The zero-order valence-corrected chi connectivity index (χ0v) is 12.7. The molecule has 1 atom stereocenters. The minimum Gasteiger partial charge on any atom is -0.435 e. The summed E-state index contributed by atoms with van der Waals surface area (Å²) in [6.45, 7) is -1.10. The molecule has 0 fully saturated rings. The molecule has 0 aliphatic carbocycles. The van der Waals surface area contributed by atoms with Crippen LogP contribution in [0, 0.1) is 0 Å². The van der Waals surface area contributed by atoms with E-state index in [-0.39, 0.29) is 22.2 Å². The predicted molar refractivity (Wildman–Crippen MR) is 82.6 cm³/mol. The summed E-state index contributed by atoms with van der Waals surface area (Å²) in [5.74, 6) is -1.29. The Hall–Kier alpha value is -1.53. The molecule has 20 heavy (non-hydrogen) atoms. The Morgan fingerprint density at radius 1 is 1.65 bits per heavy atom. The van der Waals surface area contributed by atoms with Gasteiger partial charge in [-0.2, -0.15) is 0 Å². The quantitative estimate of drug-likeness (QED) is 0.816. The normalized spacial score (nSPS) is 15.8. The van der Waals surface area contributed by atoms with Gasteiger partial charge in [-0.3, -0.25) is 4.79 Å². The molecule has 2 rings (SSSR count). The highest BCUT2D eigenvalue weighted by Crippen LogP contribution is 2.37. The van der Waals surface area contributed by atoms with E-state index < -0.39 is 24.4 Å². The number of aromatic nitrogens is 2. The number of H-pyrrole nitrogens is 1. The lowest BCUT2D eigenvalue weighted by Crippen LogP contribution is -2.15. The Morgan fingerprint density at radius 3 is 3.05 bits per heavy atom. The number of hydrogen-bond acceptors (Lipinski definition) is 4. The molecule has 1 aromatic heterocycles. The second-order valence-corrected chi connectivity index (χ2v) is 5.30. The van der Waals surface area contributed by atoms with Gasteiger partial charge in [0.05, 0.1) is 10.9 Å². The van der Waals surface area contributed by atoms with Crippen molar-refractivity contribution < 1.29 is 10.2 Å². The lowest BCUT2D eigenvalue weighted by atomic mass is 10.1. The number of ether oxygens (including phenoxy) is 1. The van der Waals surface area contributed by atoms with Gasteiger partial charge in [0, 0.05) is 21.4 Å². The maximum Gasteiger partial charge on any atom is 0.267 e. The summed E-state index contributed by atoms with van der Waals surface area (Å²) in [5.41, 5.74) is 5.06. The number of halogens is 2. The van der Waals surface area contributed by atoms with Crippen LogP contribution in [0.3, 0.4) is 0 Å². The first-order valence-electron chi connectivity index (χ1n) is 7.54. The molecule has 5 nitrogen and oxygen atoms in total. The van der Waals surface area contributed by atoms with Crippen LogP contribution >= 0.6 is 27.5 Å². The molecule has 0 radical (unpaired) electrons. The summed E-state index contributed by atoms with van der Waals surface area (Å²) >= 11 is 9.29. The van der Waals surface area contributed by atoms with Crippen molar-refractivity contribution in [3.05, 3.63) is 43.6 Å². The van der Waals surface area contributed by atoms with Crippen LogP contribution in [0.4, 0.5) is 5.69 Å². The first kappa shape index (κ1) is 10.2. The fraction of sp³-hybridized carbons (Fsp3) is 0.231. The highest BCUT2D eigenvalue weighted by molar-refractivity contribution is 9.10. The van der Waals surface area contributed by atoms with Gasteiger partial charge in [-0.15, -0.1) is 5.10 Å². The summed E-state index contributed by atoms with van der Waals surface area (Å²) < 4.78 is 36.3. The van der Waals surface area contributed by atoms with Crippen molar-refractivity contribution in [1.29, 1.82) is 0 Å². The van der Waals surface area contributed by atoms with Crippen LogP contribution in [0.25, 0.3) is 0 Å². The lowest BCUT2D eigenvalue weighted by Gasteiger charge is -2.11. The van der Waals surface area contributed by atoms with Gasteiger partial charge in [-0.1, -0.05) is 25.4 Å². The van der Waals surface area contributed by atoms with E-state index in [9.17, 15) is 4.79 Å². The molecule has 1 heterocycles. The molecule has 0 aliphatic heterocycles. The van der Waals surface area contributed by atoms with E-state index in [1.54, 1.807) is 6.07 Å². The lowest BCUT2D eigenvalue weighted by molar-refractivity contribution is 0.450. The van der Waals surface area contributed by atoms with Crippen molar-refractivity contribution in [2.24, 2.45) is 0 Å². The minimum atomic E-state index is -2.44. The molecule has 1 aromatic carbocycles. The van der Waals surface area contributed by atoms with E-state index in [4.69, 9.17) is 27.6 Å². The average molecular weight is 363 g/mol. The molecule has 106 valence electrons. The maximum absolute atomic E-state index is 11.9. The van der Waals surface area contributed by atoms with E-state index in [1.165, 1.54) is 13.0 Å². The Balaban J connectivity index is 2.53. The van der Waals surface area contributed by atoms with Crippen LogP contribution in [-0.4, -0.2) is 10.2 Å². The number of hydrogen-bond donors (Lipinski definition) is 2. The largest absolute Gasteiger partial charge is 0.435 e. The van der Waals surface area contributed by atoms with Crippen molar-refractivity contribution >= 4 is 33.2 Å². The Bertz CT molecular complexity index is 818. The molecule has 1 unspecified atom stereocenters. The SMILES string of the molecule is [2H]c1c(Oc2c(Cl)cc(N)cc2Br)n[nH]c(=O)c1C(C)C([2H])([2H])[2H]. The van der Waals surface area contributed by atoms with E-state index in [0.29, 0.717) is 10.2 Å². The fourth-order valence-electron chi connectivity index (χ4n) is 1.49. The molecule has 2 aromatic rings. The van der Waals surface area contributed by atoms with Crippen molar-refractivity contribution in [2.45, 2.75) is 19.7 Å². The van der Waals surface area contributed by atoms with Crippen molar-refractivity contribution in [3.63, 3.8) is 0 Å². The summed E-state index contributed by atoms with van der Waals surface area (Å²) in [7, 11) is 0. The number of nitrogen functional groups attached to an aromatic ring is 1. The van der Waals surface area contributed by atoms with Crippen molar-refractivity contribution in [1.82, 2.24) is 10.2 Å². The van der Waals surface area contributed by atoms with Gasteiger partial charge in [0.2, 0.25) is 5.88 Å². The Morgan fingerprint density at radius 2 is 2.40 bits per heavy atom. The predicted octanol–water partition coefficient (Wildman–Crippen LogP) is 3.68. The Labute approximate surface area is 134 Å². The first-order chi connectivity index (χ1) is 11.0. The van der Waals surface area contributed by atoms with E-state index in [2.05, 4.69) is 26.1 Å². The van der Waals surface area contributed by atoms with Crippen molar-refractivity contribution in [2.75, 3.05) is 5.73 Å². The molecule has 3 N–H and O–H groups in total. The van der Waals surface area contributed by atoms with Gasteiger partial charge in [-0.05, 0) is 34.0 Å². The van der Waals surface area contributed by atoms with Crippen LogP contribution < -0.4 is 16.0 Å². The molecule has 0 spiro atoms. The van der Waals surface area contributed by atoms with Crippen LogP contribution in [0.5, 0.6) is 11.6 Å². The molecular formula is C13H13BrClN3O2. The number of nitrogens with zero attached hydrogens (tertiary/aromatic N) is 1. The third-order valence-electron chi connectivity index (χ3n) is 2.40. The molecule has 0 saturated heterocycles. The number of aromatic amines is 1. The van der Waals surface area contributed by atoms with Crippen LogP contribution in [-0.2, 0) is 0 Å². The zero-order valence-electron chi connectivity index (χ0n) is 14.3. The van der Waals surface area contributed by atoms with Gasteiger partial charge >= 0.3 is 0 Å². The van der Waals surface area contributed by atoms with Gasteiger partial charge in [-0.25, -0.2) is 5.10 Å². The Kier molecular flexibility index (Phi) is 2.99. The van der Waals surface area contributed by atoms with Gasteiger partial charge in [0.1, 0.15) is 0 Å². The van der Waals surface area contributed by atoms with Gasteiger partial charge in [0.15, 0.2) is 5.75 Å². The third kappa shape index (κ3) is 3.13. The summed E-state index contributed by atoms with van der Waals surface area (Å²) in [4.78, 5) is 11.9. The number of anilines is 1. The maximum atomic E-state index is 11.9. The number of benzene rings is 1. The van der Waals surface area contributed by atoms with E-state index in [1.807, 2.05) is 0 Å². The molecule has 0 saturated carbocycles. The standard InChI is InChI=1S/C13H13BrClN3O2/c1-6(2)8-5-11(17-18-13(8)19)20-12-9(14)3-7(16)4-10(12)15/h3-6H,16H2,1-2H3,(H,18,19)/i1D3,5D. The van der Waals surface area contributed by atoms with E-state index >= 15 is 0 Å². The summed E-state index contributed by atoms with van der Waals surface area (Å²) in [6, 6.07) is 2.58. The van der Waals surface area contributed by atoms with Gasteiger partial charge < -0.3 is 10.5 Å². The highest BCUT2D eigenvalue weighted by atomic mass is 79.9.